The minimum Gasteiger partial charge on any atom is -0.444 e. The van der Waals surface area contributed by atoms with E-state index in [0.29, 0.717) is 73.0 Å². The van der Waals surface area contributed by atoms with Gasteiger partial charge in [-0.3, -0.25) is 29.1 Å². The van der Waals surface area contributed by atoms with E-state index in [1.165, 1.54) is 11.1 Å². The molecule has 18 heteroatoms. The summed E-state index contributed by atoms with van der Waals surface area (Å²) in [5.74, 6) is -1.06. The second kappa shape index (κ2) is 23.0. The first-order valence-electron chi connectivity index (χ1n) is 21.9. The second-order valence-electron chi connectivity index (χ2n) is 17.9. The van der Waals surface area contributed by atoms with Crippen molar-refractivity contribution in [3.8, 4) is 11.1 Å². The third-order valence-corrected chi connectivity index (χ3v) is 10.4. The van der Waals surface area contributed by atoms with Crippen molar-refractivity contribution in [2.24, 2.45) is 0 Å². The minimum absolute atomic E-state index is 0.0538. The van der Waals surface area contributed by atoms with E-state index in [1.54, 1.807) is 96.3 Å². The third kappa shape index (κ3) is 15.8. The number of carbonyl (C=O) groups excluding carboxylic acids is 6. The fourth-order valence-electron chi connectivity index (χ4n) is 6.78. The quantitative estimate of drug-likeness (QED) is 0.0551. The number of aromatic nitrogens is 2. The molecule has 0 bridgehead atoms. The van der Waals surface area contributed by atoms with Gasteiger partial charge in [0.2, 0.25) is 11.8 Å². The molecule has 0 aliphatic carbocycles. The molecule has 1 aliphatic heterocycles. The molecule has 0 saturated carbocycles. The van der Waals surface area contributed by atoms with Gasteiger partial charge < -0.3 is 46.3 Å². The highest BCUT2D eigenvalue weighted by atomic mass is 35.5. The summed E-state index contributed by atoms with van der Waals surface area (Å²) in [6, 6.07) is 17.3. The van der Waals surface area contributed by atoms with Gasteiger partial charge in [0.15, 0.2) is 0 Å². The highest BCUT2D eigenvalue weighted by Gasteiger charge is 2.29. The van der Waals surface area contributed by atoms with Crippen LogP contribution in [0.5, 0.6) is 0 Å². The molecule has 5 rings (SSSR count). The highest BCUT2D eigenvalue weighted by molar-refractivity contribution is 6.36. The third-order valence-electron chi connectivity index (χ3n) is 9.99. The topological polar surface area (TPSA) is 222 Å². The number of nitrogens with zero attached hydrogens (tertiary/aromatic N) is 3. The van der Waals surface area contributed by atoms with Gasteiger partial charge in [-0.1, -0.05) is 48.0 Å². The average molecular weight is 927 g/mol. The summed E-state index contributed by atoms with van der Waals surface area (Å²) < 4.78 is 10.8. The Morgan fingerprint density at radius 3 is 2.00 bits per heavy atom. The van der Waals surface area contributed by atoms with Crippen LogP contribution < -0.4 is 31.9 Å². The first-order valence-corrected chi connectivity index (χ1v) is 22.2. The molecule has 2 aromatic carbocycles. The van der Waals surface area contributed by atoms with E-state index in [1.807, 2.05) is 19.1 Å². The van der Waals surface area contributed by atoms with E-state index in [-0.39, 0.29) is 48.8 Å². The molecular formula is C48H60ClN9O8. The molecule has 6 N–H and O–H groups in total. The number of ether oxygens (including phenoxy) is 2. The van der Waals surface area contributed by atoms with Crippen molar-refractivity contribution in [1.82, 2.24) is 36.1 Å². The molecule has 3 heterocycles. The molecule has 6 amide bonds. The van der Waals surface area contributed by atoms with E-state index >= 15 is 0 Å². The smallest absolute Gasteiger partial charge is 0.410 e. The van der Waals surface area contributed by atoms with Crippen molar-refractivity contribution in [2.75, 3.05) is 36.8 Å². The van der Waals surface area contributed by atoms with E-state index in [0.717, 1.165) is 16.7 Å². The Hall–Kier alpha value is -6.59. The van der Waals surface area contributed by atoms with Crippen LogP contribution in [0, 0.1) is 6.92 Å². The summed E-state index contributed by atoms with van der Waals surface area (Å²) in [5, 5.41) is 17.7. The Morgan fingerprint density at radius 1 is 0.773 bits per heavy atom. The maximum absolute atomic E-state index is 13.4. The van der Waals surface area contributed by atoms with Crippen LogP contribution in [0.1, 0.15) is 105 Å². The summed E-state index contributed by atoms with van der Waals surface area (Å²) in [7, 11) is 0. The Morgan fingerprint density at radius 2 is 1.39 bits per heavy atom. The normalized spacial score (nSPS) is 13.6. The molecule has 1 aliphatic rings. The number of amides is 6. The Labute approximate surface area is 390 Å². The van der Waals surface area contributed by atoms with Gasteiger partial charge in [0, 0.05) is 75.3 Å². The van der Waals surface area contributed by atoms with Gasteiger partial charge in [-0.15, -0.1) is 0 Å². The Balaban J connectivity index is 1.11. The molecule has 0 spiro atoms. The number of benzene rings is 2. The van der Waals surface area contributed by atoms with E-state index < -0.39 is 35.2 Å². The highest BCUT2D eigenvalue weighted by Crippen LogP contribution is 2.37. The van der Waals surface area contributed by atoms with Crippen LogP contribution in [0.3, 0.4) is 0 Å². The largest absolute Gasteiger partial charge is 0.444 e. The molecule has 17 nitrogen and oxygen atoms in total. The predicted octanol–water partition coefficient (Wildman–Crippen LogP) is 7.14. The Kier molecular flexibility index (Phi) is 17.6. The summed E-state index contributed by atoms with van der Waals surface area (Å²) in [6.07, 6.45) is 3.90. The average Bonchev–Trinajstić information content (AvgIpc) is 3.66. The van der Waals surface area contributed by atoms with Gasteiger partial charge >= 0.3 is 12.2 Å². The van der Waals surface area contributed by atoms with Crippen molar-refractivity contribution in [2.45, 2.75) is 104 Å². The molecule has 1 fully saturated rings. The Bertz CT molecular complexity index is 2360. The van der Waals surface area contributed by atoms with Gasteiger partial charge in [-0.2, -0.15) is 0 Å². The molecule has 352 valence electrons. The van der Waals surface area contributed by atoms with Crippen LogP contribution in [-0.4, -0.2) is 94.1 Å². The zero-order valence-corrected chi connectivity index (χ0v) is 39.3. The zero-order chi connectivity index (χ0) is 48.0. The molecule has 1 saturated heterocycles. The lowest BCUT2D eigenvalue weighted by Crippen LogP contribution is -2.43. The number of pyridine rings is 2. The summed E-state index contributed by atoms with van der Waals surface area (Å²) in [4.78, 5) is 85.7. The lowest BCUT2D eigenvalue weighted by molar-refractivity contribution is -0.121. The number of alkyl carbamates (subject to hydrolysis) is 1. The summed E-state index contributed by atoms with van der Waals surface area (Å²) in [5.41, 5.74) is 3.62. The molecule has 1 atom stereocenters. The first-order chi connectivity index (χ1) is 31.2. The van der Waals surface area contributed by atoms with Crippen molar-refractivity contribution < 1.29 is 38.2 Å². The fourth-order valence-corrected chi connectivity index (χ4v) is 7.06. The minimum atomic E-state index is -0.711. The molecule has 2 aromatic heterocycles. The van der Waals surface area contributed by atoms with Crippen LogP contribution in [0.15, 0.2) is 73.1 Å². The summed E-state index contributed by atoms with van der Waals surface area (Å²) in [6.45, 7) is 14.8. The first kappa shape index (κ1) is 50.4. The van der Waals surface area contributed by atoms with E-state index in [4.69, 9.17) is 21.1 Å². The molecule has 4 aromatic rings. The molecule has 0 unspecified atom stereocenters. The standard InChI is InChI=1S/C48H60ClN9O8/c1-30-34(11-8-13-36(30)56-43(61)38-19-16-31(26-53-38)25-50-23-24-51-40(59)15-10-22-52-45(63)65-47(2,3)4)35-12-9-14-37(42(35)49)57-44(62)39-20-17-32(27-54-39)28-58(46(64)66-48(5,6)7)29-33-18-21-41(60)55-33/h8-9,11-14,16-17,19-20,26-27,33,50H,10,15,18,21-25,28-29H2,1-7H3,(H,51,59)(H,52,63)(H,55,60)(H,56,61)(H,57,62)/t33-/m0/s1. The van der Waals surface area contributed by atoms with Gasteiger partial charge in [0.05, 0.1) is 17.3 Å². The van der Waals surface area contributed by atoms with Gasteiger partial charge in [-0.25, -0.2) is 9.59 Å². The lowest BCUT2D eigenvalue weighted by Gasteiger charge is -2.29. The predicted molar refractivity (Wildman–Crippen MR) is 252 cm³/mol. The molecule has 0 radical (unpaired) electrons. The second-order valence-corrected chi connectivity index (χ2v) is 18.3. The van der Waals surface area contributed by atoms with E-state index in [9.17, 15) is 28.8 Å². The monoisotopic (exact) mass is 925 g/mol. The number of hydrogen-bond acceptors (Lipinski definition) is 11. The maximum Gasteiger partial charge on any atom is 0.410 e. The van der Waals surface area contributed by atoms with Crippen LogP contribution in [0.25, 0.3) is 11.1 Å². The molecule has 66 heavy (non-hydrogen) atoms. The van der Waals surface area contributed by atoms with Crippen molar-refractivity contribution in [3.05, 3.63) is 106 Å². The van der Waals surface area contributed by atoms with Crippen LogP contribution in [-0.2, 0) is 32.2 Å². The fraction of sp³-hybridized carbons (Fsp3) is 0.417. The zero-order valence-electron chi connectivity index (χ0n) is 38.6. The van der Waals surface area contributed by atoms with Gasteiger partial charge in [0.1, 0.15) is 22.6 Å². The van der Waals surface area contributed by atoms with Crippen molar-refractivity contribution >= 4 is 58.8 Å². The van der Waals surface area contributed by atoms with Crippen LogP contribution >= 0.6 is 11.6 Å². The number of nitrogens with one attached hydrogen (secondary N) is 6. The summed E-state index contributed by atoms with van der Waals surface area (Å²) >= 11 is 6.92. The lowest BCUT2D eigenvalue weighted by atomic mass is 9.98. The van der Waals surface area contributed by atoms with Gasteiger partial charge in [-0.05, 0) is 108 Å². The van der Waals surface area contributed by atoms with Crippen molar-refractivity contribution in [3.63, 3.8) is 0 Å². The number of hydrogen-bond donors (Lipinski definition) is 6. The SMILES string of the molecule is Cc1c(NC(=O)c2ccc(CNCCNC(=O)CCCNC(=O)OC(C)(C)C)cn2)cccc1-c1cccc(NC(=O)c2ccc(CN(C[C@@H]3CCC(=O)N3)C(=O)OC(C)(C)C)cn2)c1Cl. The van der Waals surface area contributed by atoms with Crippen LogP contribution in [0.4, 0.5) is 21.0 Å². The van der Waals surface area contributed by atoms with Crippen LogP contribution in [0.2, 0.25) is 5.02 Å². The number of anilines is 2. The number of rotatable bonds is 18. The van der Waals surface area contributed by atoms with Crippen molar-refractivity contribution in [1.29, 1.82) is 0 Å². The number of halogens is 1. The van der Waals surface area contributed by atoms with Gasteiger partial charge in [0.25, 0.3) is 11.8 Å². The number of carbonyl (C=O) groups is 6. The van der Waals surface area contributed by atoms with E-state index in [2.05, 4.69) is 41.9 Å². The molecular weight excluding hydrogens is 866 g/mol. The maximum atomic E-state index is 13.4.